The molecule has 1 aliphatic rings. The number of nitrogens with zero attached hydrogens (tertiary/aromatic N) is 1. The number of carbonyl (C=O) groups is 1. The Morgan fingerprint density at radius 1 is 0.962 bits per heavy atom. The van der Waals surface area contributed by atoms with Gasteiger partial charge in [-0.05, 0) is 37.8 Å². The first-order valence-corrected chi connectivity index (χ1v) is 9.20. The number of hydrogen-bond donors (Lipinski definition) is 0. The van der Waals surface area contributed by atoms with Gasteiger partial charge in [0, 0.05) is 12.1 Å². The van der Waals surface area contributed by atoms with Gasteiger partial charge in [-0.3, -0.25) is 9.69 Å². The van der Waals surface area contributed by atoms with E-state index in [0.29, 0.717) is 18.6 Å². The van der Waals surface area contributed by atoms with Gasteiger partial charge in [0.15, 0.2) is 6.10 Å². The number of halogens is 1. The number of benzene rings is 2. The van der Waals surface area contributed by atoms with E-state index in [1.807, 2.05) is 60.7 Å². The Kier molecular flexibility index (Phi) is 7.67. The van der Waals surface area contributed by atoms with Crippen molar-refractivity contribution < 1.29 is 9.53 Å². The number of ether oxygens (including phenoxy) is 1. The molecule has 1 saturated heterocycles. The molecule has 0 aliphatic carbocycles. The summed E-state index contributed by atoms with van der Waals surface area (Å²) in [5.41, 5.74) is 2.00. The van der Waals surface area contributed by atoms with Gasteiger partial charge >= 0.3 is 5.97 Å². The predicted octanol–water partition coefficient (Wildman–Crippen LogP) is 5.00. The maximum absolute atomic E-state index is 12.7. The Morgan fingerprint density at radius 2 is 1.42 bits per heavy atom. The highest BCUT2D eigenvalue weighted by molar-refractivity contribution is 5.85. The second kappa shape index (κ2) is 9.75. The largest absolute Gasteiger partial charge is 0.452 e. The van der Waals surface area contributed by atoms with Gasteiger partial charge in [0.1, 0.15) is 0 Å². The lowest BCUT2D eigenvalue weighted by Gasteiger charge is -2.38. The van der Waals surface area contributed by atoms with E-state index < -0.39 is 0 Å². The normalized spacial score (nSPS) is 20.4. The zero-order valence-electron chi connectivity index (χ0n) is 15.5. The van der Waals surface area contributed by atoms with E-state index in [1.54, 1.807) is 0 Å². The van der Waals surface area contributed by atoms with Crippen molar-refractivity contribution in [3.8, 4) is 0 Å². The Labute approximate surface area is 162 Å². The van der Waals surface area contributed by atoms with E-state index in [9.17, 15) is 4.79 Å². The molecule has 140 valence electrons. The fourth-order valence-electron chi connectivity index (χ4n) is 3.69. The van der Waals surface area contributed by atoms with Crippen LogP contribution in [0.5, 0.6) is 0 Å². The molecule has 26 heavy (non-hydrogen) atoms. The molecule has 0 amide bonds. The molecular weight excluding hydrogens is 346 g/mol. The van der Waals surface area contributed by atoms with Crippen molar-refractivity contribution in [1.29, 1.82) is 0 Å². The SMILES string of the molecule is CC1CCCC(C)N1CC(=O)OC(c1ccccc1)c1ccccc1.Cl. The number of rotatable bonds is 5. The number of hydrogen-bond acceptors (Lipinski definition) is 3. The lowest BCUT2D eigenvalue weighted by atomic mass is 9.97. The van der Waals surface area contributed by atoms with Crippen molar-refractivity contribution in [2.45, 2.75) is 51.3 Å². The average molecular weight is 374 g/mol. The van der Waals surface area contributed by atoms with Crippen molar-refractivity contribution >= 4 is 18.4 Å². The second-order valence-electron chi connectivity index (χ2n) is 6.99. The van der Waals surface area contributed by atoms with Crippen LogP contribution in [0.25, 0.3) is 0 Å². The molecule has 0 spiro atoms. The molecule has 0 N–H and O–H groups in total. The van der Waals surface area contributed by atoms with Crippen molar-refractivity contribution in [3.63, 3.8) is 0 Å². The summed E-state index contributed by atoms with van der Waals surface area (Å²) >= 11 is 0. The second-order valence-corrected chi connectivity index (χ2v) is 6.99. The molecule has 2 unspecified atom stereocenters. The lowest BCUT2D eigenvalue weighted by molar-refractivity contribution is -0.150. The molecule has 2 aromatic carbocycles. The van der Waals surface area contributed by atoms with Gasteiger partial charge in [0.25, 0.3) is 0 Å². The highest BCUT2D eigenvalue weighted by Gasteiger charge is 2.28. The van der Waals surface area contributed by atoms with Gasteiger partial charge in [-0.2, -0.15) is 0 Å². The Balaban J connectivity index is 0.00000243. The van der Waals surface area contributed by atoms with E-state index in [0.717, 1.165) is 24.0 Å². The van der Waals surface area contributed by atoms with E-state index in [4.69, 9.17) is 4.74 Å². The summed E-state index contributed by atoms with van der Waals surface area (Å²) in [5.74, 6) is -0.154. The van der Waals surface area contributed by atoms with Gasteiger partial charge < -0.3 is 4.74 Å². The third-order valence-corrected chi connectivity index (χ3v) is 5.14. The van der Waals surface area contributed by atoms with Crippen LogP contribution in [0.4, 0.5) is 0 Å². The minimum Gasteiger partial charge on any atom is -0.452 e. The van der Waals surface area contributed by atoms with Crippen LogP contribution in [0.2, 0.25) is 0 Å². The minimum atomic E-state index is -0.356. The van der Waals surface area contributed by atoms with Crippen molar-refractivity contribution in [2.24, 2.45) is 0 Å². The fourth-order valence-corrected chi connectivity index (χ4v) is 3.69. The van der Waals surface area contributed by atoms with Gasteiger partial charge in [0.2, 0.25) is 0 Å². The van der Waals surface area contributed by atoms with Crippen LogP contribution >= 0.6 is 12.4 Å². The summed E-state index contributed by atoms with van der Waals surface area (Å²) in [6.07, 6.45) is 3.19. The third kappa shape index (κ3) is 5.09. The zero-order chi connectivity index (χ0) is 17.6. The maximum atomic E-state index is 12.7. The highest BCUT2D eigenvalue weighted by atomic mass is 35.5. The molecule has 1 heterocycles. The number of piperidine rings is 1. The van der Waals surface area contributed by atoms with Crippen molar-refractivity contribution in [2.75, 3.05) is 6.54 Å². The number of esters is 1. The molecule has 3 rings (SSSR count). The Morgan fingerprint density at radius 3 is 1.88 bits per heavy atom. The summed E-state index contributed by atoms with van der Waals surface area (Å²) in [7, 11) is 0. The molecule has 1 aliphatic heterocycles. The van der Waals surface area contributed by atoms with Crippen LogP contribution in [-0.2, 0) is 9.53 Å². The number of carbonyl (C=O) groups excluding carboxylic acids is 1. The van der Waals surface area contributed by atoms with Gasteiger partial charge in [-0.1, -0.05) is 67.1 Å². The van der Waals surface area contributed by atoms with Gasteiger partial charge in [0.05, 0.1) is 6.54 Å². The molecule has 4 heteroatoms. The molecule has 0 aromatic heterocycles. The zero-order valence-corrected chi connectivity index (χ0v) is 16.3. The van der Waals surface area contributed by atoms with Crippen LogP contribution in [-0.4, -0.2) is 29.5 Å². The van der Waals surface area contributed by atoms with E-state index >= 15 is 0 Å². The summed E-state index contributed by atoms with van der Waals surface area (Å²) in [4.78, 5) is 15.0. The first kappa shape index (κ1) is 20.5. The summed E-state index contributed by atoms with van der Waals surface area (Å²) in [6.45, 7) is 4.77. The predicted molar refractivity (Wildman–Crippen MR) is 108 cm³/mol. The quantitative estimate of drug-likeness (QED) is 0.690. The first-order chi connectivity index (χ1) is 12.1. The maximum Gasteiger partial charge on any atom is 0.321 e. The molecule has 3 nitrogen and oxygen atoms in total. The molecule has 1 fully saturated rings. The average Bonchev–Trinajstić information content (AvgIpc) is 2.64. The van der Waals surface area contributed by atoms with Crippen molar-refractivity contribution in [3.05, 3.63) is 71.8 Å². The van der Waals surface area contributed by atoms with Crippen LogP contribution in [0, 0.1) is 0 Å². The molecule has 0 bridgehead atoms. The molecule has 2 atom stereocenters. The molecule has 2 aromatic rings. The van der Waals surface area contributed by atoms with Crippen molar-refractivity contribution in [1.82, 2.24) is 4.90 Å². The molecule has 0 saturated carbocycles. The highest BCUT2D eigenvalue weighted by Crippen LogP contribution is 2.27. The first-order valence-electron chi connectivity index (χ1n) is 9.20. The van der Waals surface area contributed by atoms with Gasteiger partial charge in [-0.25, -0.2) is 0 Å². The topological polar surface area (TPSA) is 29.5 Å². The standard InChI is InChI=1S/C22H27NO2.ClH/c1-17-10-9-11-18(2)23(17)16-21(24)25-22(19-12-5-3-6-13-19)20-14-7-4-8-15-20;/h3-8,12-15,17-18,22H,9-11,16H2,1-2H3;1H. The third-order valence-electron chi connectivity index (χ3n) is 5.14. The number of likely N-dealkylation sites (tertiary alicyclic amines) is 1. The Bertz CT molecular complexity index is 628. The molecular formula is C22H28ClNO2. The smallest absolute Gasteiger partial charge is 0.321 e. The lowest BCUT2D eigenvalue weighted by Crippen LogP contribution is -2.46. The van der Waals surface area contributed by atoms with E-state index in [1.165, 1.54) is 6.42 Å². The van der Waals surface area contributed by atoms with E-state index in [2.05, 4.69) is 18.7 Å². The summed E-state index contributed by atoms with van der Waals surface area (Å²) in [5, 5.41) is 0. The van der Waals surface area contributed by atoms with Crippen LogP contribution in [0.15, 0.2) is 60.7 Å². The monoisotopic (exact) mass is 373 g/mol. The fraction of sp³-hybridized carbons (Fsp3) is 0.409. The minimum absolute atomic E-state index is 0. The summed E-state index contributed by atoms with van der Waals surface area (Å²) in [6, 6.07) is 20.8. The van der Waals surface area contributed by atoms with Crippen LogP contribution in [0.1, 0.15) is 50.3 Å². The van der Waals surface area contributed by atoms with E-state index in [-0.39, 0.29) is 24.5 Å². The van der Waals surface area contributed by atoms with Crippen LogP contribution in [0.3, 0.4) is 0 Å². The van der Waals surface area contributed by atoms with Gasteiger partial charge in [-0.15, -0.1) is 12.4 Å². The molecule has 0 radical (unpaired) electrons. The summed E-state index contributed by atoms with van der Waals surface area (Å²) < 4.78 is 5.94. The Hall–Kier alpha value is -1.84. The van der Waals surface area contributed by atoms with Crippen LogP contribution < -0.4 is 0 Å².